The molecule has 0 radical (unpaired) electrons. The highest BCUT2D eigenvalue weighted by molar-refractivity contribution is 8.25. The monoisotopic (exact) mass is 346 g/mol. The largest absolute Gasteiger partial charge is 0.504 e. The lowest BCUT2D eigenvalue weighted by Crippen LogP contribution is -2.33. The molecule has 0 aromatic heterocycles. The van der Waals surface area contributed by atoms with Crippen LogP contribution >= 0.6 is 23.5 Å². The van der Waals surface area contributed by atoms with Crippen LogP contribution in [0.3, 0.4) is 0 Å². The predicted molar refractivity (Wildman–Crippen MR) is 74.0 cm³/mol. The van der Waals surface area contributed by atoms with Crippen LogP contribution in [0.5, 0.6) is 11.5 Å². The van der Waals surface area contributed by atoms with Gasteiger partial charge in [-0.05, 0) is 0 Å². The predicted octanol–water partition coefficient (Wildman–Crippen LogP) is 1.63. The first-order valence-electron chi connectivity index (χ1n) is 5.84. The van der Waals surface area contributed by atoms with Crippen molar-refractivity contribution in [1.82, 2.24) is 10.0 Å². The van der Waals surface area contributed by atoms with Gasteiger partial charge in [-0.25, -0.2) is 0 Å². The number of hydrazine groups is 1. The van der Waals surface area contributed by atoms with E-state index in [0.29, 0.717) is 0 Å². The van der Waals surface area contributed by atoms with Crippen molar-refractivity contribution in [3.63, 3.8) is 0 Å². The van der Waals surface area contributed by atoms with Gasteiger partial charge in [0.1, 0.15) is 5.57 Å². The molecule has 3 rings (SSSR count). The Morgan fingerprint density at radius 1 is 0.864 bits per heavy atom. The molecule has 2 heterocycles. The Morgan fingerprint density at radius 3 is 1.59 bits per heavy atom. The lowest BCUT2D eigenvalue weighted by atomic mass is 10.3. The average molecular weight is 346 g/mol. The molecule has 22 heavy (non-hydrogen) atoms. The number of phenols is 2. The smallest absolute Gasteiger partial charge is 0.279 e. The Kier molecular flexibility index (Phi) is 3.25. The summed E-state index contributed by atoms with van der Waals surface area (Å²) >= 11 is 1.48. The van der Waals surface area contributed by atoms with E-state index < -0.39 is 34.9 Å². The molecule has 2 N–H and O–H groups in total. The van der Waals surface area contributed by atoms with Gasteiger partial charge in [-0.2, -0.15) is 8.78 Å². The minimum absolute atomic E-state index is 0.123. The van der Waals surface area contributed by atoms with Gasteiger partial charge in [0.15, 0.2) is 11.5 Å². The molecule has 10 heteroatoms. The van der Waals surface area contributed by atoms with Crippen molar-refractivity contribution in [3.8, 4) is 11.5 Å². The Labute approximate surface area is 131 Å². The van der Waals surface area contributed by atoms with Crippen molar-refractivity contribution in [1.29, 1.82) is 0 Å². The summed E-state index contributed by atoms with van der Waals surface area (Å²) in [5, 5.41) is 21.5. The van der Waals surface area contributed by atoms with Gasteiger partial charge in [0.05, 0.1) is 14.0 Å². The molecule has 6 nitrogen and oxygen atoms in total. The van der Waals surface area contributed by atoms with Crippen molar-refractivity contribution in [2.75, 3.05) is 14.1 Å². The fraction of sp³-hybridized carbons (Fsp3) is 0.167. The number of aromatic hydroxyl groups is 2. The highest BCUT2D eigenvalue weighted by atomic mass is 32.2. The third kappa shape index (κ3) is 1.80. The van der Waals surface area contributed by atoms with Gasteiger partial charge in [0, 0.05) is 14.1 Å². The first kappa shape index (κ1) is 15.0. The van der Waals surface area contributed by atoms with Gasteiger partial charge in [0.2, 0.25) is 11.6 Å². The first-order chi connectivity index (χ1) is 10.3. The van der Waals surface area contributed by atoms with Crippen LogP contribution in [0.15, 0.2) is 19.6 Å². The number of hydrogen-bond donors (Lipinski definition) is 2. The molecular formula is C12H8F2N2O4S2. The maximum atomic E-state index is 13.5. The van der Waals surface area contributed by atoms with E-state index in [1.165, 1.54) is 14.1 Å². The van der Waals surface area contributed by atoms with Crippen LogP contribution < -0.4 is 0 Å². The van der Waals surface area contributed by atoms with Crippen molar-refractivity contribution in [2.24, 2.45) is 0 Å². The normalized spacial score (nSPS) is 17.8. The van der Waals surface area contributed by atoms with Gasteiger partial charge in [-0.1, -0.05) is 23.5 Å². The molecule has 0 atom stereocenters. The maximum Gasteiger partial charge on any atom is 0.279 e. The van der Waals surface area contributed by atoms with Gasteiger partial charge < -0.3 is 10.2 Å². The summed E-state index contributed by atoms with van der Waals surface area (Å²) in [7, 11) is 2.80. The number of halogens is 2. The fourth-order valence-corrected chi connectivity index (χ4v) is 4.57. The highest BCUT2D eigenvalue weighted by Gasteiger charge is 2.42. The zero-order chi connectivity index (χ0) is 16.3. The molecule has 116 valence electrons. The third-order valence-corrected chi connectivity index (χ3v) is 5.92. The highest BCUT2D eigenvalue weighted by Crippen LogP contribution is 2.60. The standard InChI is InChI=1S/C12H8F2N2O4S2/c1-15-10(19)3(11(20)16(15)2)12-21-8-6(17)4(13)5(14)7(18)9(8)22-12/h17-18H,1-2H3. The van der Waals surface area contributed by atoms with Crippen LogP contribution in [0.2, 0.25) is 0 Å². The van der Waals surface area contributed by atoms with Gasteiger partial charge in [-0.3, -0.25) is 19.6 Å². The number of thioether (sulfide) groups is 2. The number of benzene rings is 1. The quantitative estimate of drug-likeness (QED) is 0.422. The van der Waals surface area contributed by atoms with Crippen LogP contribution in [0.25, 0.3) is 0 Å². The molecule has 2 aliphatic rings. The maximum absolute atomic E-state index is 13.5. The van der Waals surface area contributed by atoms with Crippen molar-refractivity contribution in [3.05, 3.63) is 21.4 Å². The summed E-state index contributed by atoms with van der Waals surface area (Å²) in [6.45, 7) is 0. The molecule has 1 aromatic carbocycles. The summed E-state index contributed by atoms with van der Waals surface area (Å²) < 4.78 is 27.1. The molecule has 1 saturated heterocycles. The number of carbonyl (C=O) groups excluding carboxylic acids is 2. The van der Waals surface area contributed by atoms with Crippen molar-refractivity contribution >= 4 is 35.3 Å². The van der Waals surface area contributed by atoms with Crippen LogP contribution in [-0.2, 0) is 9.59 Å². The van der Waals surface area contributed by atoms with E-state index in [0.717, 1.165) is 33.5 Å². The second kappa shape index (κ2) is 4.78. The topological polar surface area (TPSA) is 81.1 Å². The minimum atomic E-state index is -1.58. The van der Waals surface area contributed by atoms with E-state index in [9.17, 15) is 28.6 Å². The van der Waals surface area contributed by atoms with Crippen LogP contribution in [0.4, 0.5) is 8.78 Å². The van der Waals surface area contributed by atoms with E-state index >= 15 is 0 Å². The van der Waals surface area contributed by atoms with E-state index in [2.05, 4.69) is 0 Å². The van der Waals surface area contributed by atoms with Crippen LogP contribution in [0.1, 0.15) is 0 Å². The second-order valence-electron chi connectivity index (χ2n) is 4.51. The molecule has 1 aromatic rings. The lowest BCUT2D eigenvalue weighted by molar-refractivity contribution is -0.141. The summed E-state index contributed by atoms with van der Waals surface area (Å²) in [4.78, 5) is 23.9. The zero-order valence-electron chi connectivity index (χ0n) is 11.2. The number of nitrogens with zero attached hydrogens (tertiary/aromatic N) is 2. The lowest BCUT2D eigenvalue weighted by Gasteiger charge is -2.16. The Morgan fingerprint density at radius 2 is 1.23 bits per heavy atom. The van der Waals surface area contributed by atoms with E-state index in [-0.39, 0.29) is 19.6 Å². The number of likely N-dealkylation sites (N-methyl/N-ethyl adjacent to an activating group) is 2. The number of amides is 2. The molecule has 2 aliphatic heterocycles. The Hall–Kier alpha value is -1.94. The summed E-state index contributed by atoms with van der Waals surface area (Å²) in [5.41, 5.74) is -0.171. The molecule has 0 unspecified atom stereocenters. The zero-order valence-corrected chi connectivity index (χ0v) is 12.8. The number of carbonyl (C=O) groups is 2. The second-order valence-corrected chi connectivity index (χ2v) is 6.81. The SMILES string of the molecule is CN1C(=O)C(=C2Sc3c(O)c(F)c(F)c(O)c3S2)C(=O)N1C. The number of rotatable bonds is 0. The molecular weight excluding hydrogens is 338 g/mol. The van der Waals surface area contributed by atoms with Crippen LogP contribution in [0, 0.1) is 11.6 Å². The minimum Gasteiger partial charge on any atom is -0.504 e. The van der Waals surface area contributed by atoms with Gasteiger partial charge in [-0.15, -0.1) is 0 Å². The molecule has 0 saturated carbocycles. The van der Waals surface area contributed by atoms with Crippen molar-refractivity contribution < 1.29 is 28.6 Å². The summed E-state index contributed by atoms with van der Waals surface area (Å²) in [6, 6.07) is 0. The van der Waals surface area contributed by atoms with Crippen molar-refractivity contribution in [2.45, 2.75) is 9.79 Å². The Balaban J connectivity index is 2.15. The third-order valence-electron chi connectivity index (χ3n) is 3.30. The first-order valence-corrected chi connectivity index (χ1v) is 7.47. The molecule has 1 fully saturated rings. The fourth-order valence-electron chi connectivity index (χ4n) is 1.98. The summed E-state index contributed by atoms with van der Waals surface area (Å²) in [6.07, 6.45) is 0. The molecule has 0 spiro atoms. The van der Waals surface area contributed by atoms with Gasteiger partial charge in [0.25, 0.3) is 11.8 Å². The van der Waals surface area contributed by atoms with E-state index in [1.54, 1.807) is 0 Å². The molecule has 0 aliphatic carbocycles. The van der Waals surface area contributed by atoms with E-state index in [4.69, 9.17) is 0 Å². The van der Waals surface area contributed by atoms with Gasteiger partial charge >= 0.3 is 0 Å². The molecule has 0 bridgehead atoms. The number of hydrogen-bond acceptors (Lipinski definition) is 6. The molecule has 2 amide bonds. The number of phenolic OH excluding ortho intramolecular Hbond substituents is 2. The Bertz CT molecular complexity index is 720. The van der Waals surface area contributed by atoms with E-state index in [1.807, 2.05) is 0 Å². The average Bonchev–Trinajstić information content (AvgIpc) is 3.00. The van der Waals surface area contributed by atoms with Crippen LogP contribution in [-0.4, -0.2) is 46.1 Å². The summed E-state index contributed by atoms with van der Waals surface area (Å²) in [5.74, 6) is -6.22. The number of fused-ring (bicyclic) bond motifs is 1.